The molecule has 4 rings (SSSR count). The highest BCUT2D eigenvalue weighted by Gasteiger charge is 2.52. The molecule has 1 saturated heterocycles. The fraction of sp³-hybridized carbons (Fsp3) is 0.269. The summed E-state index contributed by atoms with van der Waals surface area (Å²) >= 11 is 0.388. The van der Waals surface area contributed by atoms with Crippen LogP contribution in [0.2, 0.25) is 0 Å². The molecule has 1 fully saturated rings. The summed E-state index contributed by atoms with van der Waals surface area (Å²) in [5.41, 5.74) is 0.990. The molecular formula is C26H21F6N2O4S+. The number of halogens is 6. The summed E-state index contributed by atoms with van der Waals surface area (Å²) in [6.45, 7) is -0.689. The number of hydrogen-bond acceptors (Lipinski definition) is 5. The van der Waals surface area contributed by atoms with Gasteiger partial charge >= 0.3 is 18.3 Å². The fourth-order valence-electron chi connectivity index (χ4n) is 4.45. The molecule has 0 saturated carbocycles. The van der Waals surface area contributed by atoms with Crippen molar-refractivity contribution in [2.24, 2.45) is 0 Å². The molecule has 206 valence electrons. The molecule has 1 aliphatic heterocycles. The van der Waals surface area contributed by atoms with Crippen molar-refractivity contribution in [2.75, 3.05) is 19.6 Å². The van der Waals surface area contributed by atoms with Crippen molar-refractivity contribution < 1.29 is 45.6 Å². The topological polar surface area (TPSA) is 63.7 Å². The summed E-state index contributed by atoms with van der Waals surface area (Å²) in [6, 6.07) is 17.8. The van der Waals surface area contributed by atoms with Crippen molar-refractivity contribution in [1.29, 1.82) is 0 Å². The molecule has 0 N–H and O–H groups in total. The fourth-order valence-corrected chi connectivity index (χ4v) is 5.37. The normalized spacial score (nSPS) is 19.9. The maximum atomic E-state index is 13.5. The number of quaternary nitrogens is 1. The van der Waals surface area contributed by atoms with E-state index in [0.717, 1.165) is 17.7 Å². The van der Waals surface area contributed by atoms with E-state index in [1.54, 1.807) is 48.5 Å². The average molecular weight is 572 g/mol. The van der Waals surface area contributed by atoms with Crippen molar-refractivity contribution in [2.45, 2.75) is 24.8 Å². The van der Waals surface area contributed by atoms with Crippen LogP contribution in [0.1, 0.15) is 24.9 Å². The van der Waals surface area contributed by atoms with Gasteiger partial charge in [-0.15, -0.1) is 11.3 Å². The van der Waals surface area contributed by atoms with Gasteiger partial charge in [0.1, 0.15) is 13.1 Å². The number of rotatable bonds is 6. The first-order valence-corrected chi connectivity index (χ1v) is 12.4. The highest BCUT2D eigenvalue weighted by molar-refractivity contribution is 7.16. The number of carbonyl (C=O) groups is 3. The predicted molar refractivity (Wildman–Crippen MR) is 130 cm³/mol. The zero-order chi connectivity index (χ0) is 28.4. The van der Waals surface area contributed by atoms with Crippen molar-refractivity contribution in [3.05, 3.63) is 88.1 Å². The van der Waals surface area contributed by atoms with Gasteiger partial charge < -0.3 is 4.90 Å². The average Bonchev–Trinajstić information content (AvgIpc) is 3.38. The van der Waals surface area contributed by atoms with Crippen LogP contribution in [-0.4, -0.2) is 60.6 Å². The van der Waals surface area contributed by atoms with E-state index in [1.165, 1.54) is 17.0 Å². The van der Waals surface area contributed by atoms with Gasteiger partial charge in [0.05, 0.1) is 22.3 Å². The third-order valence-electron chi connectivity index (χ3n) is 6.24. The molecule has 0 radical (unpaired) electrons. The van der Waals surface area contributed by atoms with Gasteiger partial charge in [0.15, 0.2) is 5.69 Å². The van der Waals surface area contributed by atoms with Gasteiger partial charge in [-0.2, -0.15) is 26.3 Å². The van der Waals surface area contributed by atoms with Crippen molar-refractivity contribution in [3.8, 4) is 0 Å². The zero-order valence-corrected chi connectivity index (χ0v) is 20.9. The maximum Gasteiger partial charge on any atom is 0.497 e. The first-order chi connectivity index (χ1) is 18.3. The molecule has 1 aromatic heterocycles. The Bertz CT molecular complexity index is 1340. The number of thiophene rings is 1. The van der Waals surface area contributed by atoms with E-state index in [-0.39, 0.29) is 36.6 Å². The lowest BCUT2D eigenvalue weighted by Gasteiger charge is -2.45. The van der Waals surface area contributed by atoms with Crippen molar-refractivity contribution >= 4 is 34.7 Å². The van der Waals surface area contributed by atoms with Crippen LogP contribution in [-0.2, 0) is 16.1 Å². The number of alkyl halides is 6. The second-order valence-electron chi connectivity index (χ2n) is 8.84. The number of amides is 1. The lowest BCUT2D eigenvalue weighted by molar-refractivity contribution is -0.240. The molecule has 3 aromatic rings. The van der Waals surface area contributed by atoms with Gasteiger partial charge in [-0.05, 0) is 24.1 Å². The lowest BCUT2D eigenvalue weighted by atomic mass is 10.0. The van der Waals surface area contributed by atoms with E-state index in [1.807, 2.05) is 0 Å². The van der Waals surface area contributed by atoms with Crippen LogP contribution in [0.15, 0.2) is 72.8 Å². The molecule has 6 nitrogen and oxygen atoms in total. The standard InChI is InChI=1S/C26H21F6N2O4S/c27-25(28,29)22(35)20-11-12-21(39-20)23(36)33-13-14-34(19-9-5-2-6-10-19,38-24(37)26(30,31)32)16-18(33)15-17-7-3-1-4-8-17/h1-12,18H,13-16H2/q+1. The second-order valence-corrected chi connectivity index (χ2v) is 9.92. The Morgan fingerprint density at radius 2 is 1.44 bits per heavy atom. The van der Waals surface area contributed by atoms with Gasteiger partial charge in [0, 0.05) is 12.1 Å². The van der Waals surface area contributed by atoms with E-state index >= 15 is 0 Å². The third kappa shape index (κ3) is 6.31. The summed E-state index contributed by atoms with van der Waals surface area (Å²) in [4.78, 5) is 42.7. The van der Waals surface area contributed by atoms with Crippen LogP contribution in [0.25, 0.3) is 0 Å². The van der Waals surface area contributed by atoms with Gasteiger partial charge in [-0.1, -0.05) is 53.2 Å². The van der Waals surface area contributed by atoms with Gasteiger partial charge in [-0.3, -0.25) is 14.4 Å². The van der Waals surface area contributed by atoms with Crippen molar-refractivity contribution in [3.63, 3.8) is 0 Å². The molecule has 2 unspecified atom stereocenters. The van der Waals surface area contributed by atoms with Crippen LogP contribution in [0, 0.1) is 0 Å². The molecule has 39 heavy (non-hydrogen) atoms. The van der Waals surface area contributed by atoms with Gasteiger partial charge in [0.2, 0.25) is 0 Å². The Hall–Kier alpha value is -3.71. The Balaban J connectivity index is 1.70. The number of piperazine rings is 1. The minimum atomic E-state index is -5.26. The molecular weight excluding hydrogens is 550 g/mol. The number of para-hydroxylation sites is 1. The Morgan fingerprint density at radius 3 is 2.03 bits per heavy atom. The molecule has 1 aliphatic rings. The Kier molecular flexibility index (Phi) is 7.84. The molecule has 1 amide bonds. The summed E-state index contributed by atoms with van der Waals surface area (Å²) in [7, 11) is 0. The zero-order valence-electron chi connectivity index (χ0n) is 20.0. The number of nitrogens with zero attached hydrogens (tertiary/aromatic N) is 2. The van der Waals surface area contributed by atoms with E-state index in [9.17, 15) is 40.7 Å². The van der Waals surface area contributed by atoms with Gasteiger partial charge in [0.25, 0.3) is 11.7 Å². The predicted octanol–water partition coefficient (Wildman–Crippen LogP) is 5.59. The highest BCUT2D eigenvalue weighted by Crippen LogP contribution is 2.34. The lowest BCUT2D eigenvalue weighted by Crippen LogP contribution is -2.67. The molecule has 0 aliphatic carbocycles. The largest absolute Gasteiger partial charge is 0.497 e. The van der Waals surface area contributed by atoms with Crippen LogP contribution in [0.5, 0.6) is 0 Å². The number of hydroxylamine groups is 2. The van der Waals surface area contributed by atoms with Crippen LogP contribution in [0.4, 0.5) is 32.0 Å². The summed E-state index contributed by atoms with van der Waals surface area (Å²) in [6.07, 6.45) is -10.2. The number of benzene rings is 2. The summed E-state index contributed by atoms with van der Waals surface area (Å²) < 4.78 is 77.6. The van der Waals surface area contributed by atoms with Crippen LogP contribution < -0.4 is 4.65 Å². The maximum absolute atomic E-state index is 13.5. The Labute approximate surface area is 222 Å². The molecule has 13 heteroatoms. The molecule has 0 spiro atoms. The number of carbonyl (C=O) groups excluding carboxylic acids is 3. The second kappa shape index (κ2) is 10.8. The van der Waals surface area contributed by atoms with Gasteiger partial charge in [-0.25, -0.2) is 4.79 Å². The SMILES string of the molecule is O=C(c1ccc(C(=O)C(F)(F)F)s1)N1CC[N+](OC(=O)C(F)(F)F)(c2ccccc2)CC1Cc1ccccc1. The van der Waals surface area contributed by atoms with E-state index < -0.39 is 45.6 Å². The third-order valence-corrected chi connectivity index (χ3v) is 7.31. The highest BCUT2D eigenvalue weighted by atomic mass is 32.1. The molecule has 2 atom stereocenters. The minimum Gasteiger partial charge on any atom is -0.323 e. The summed E-state index contributed by atoms with van der Waals surface area (Å²) in [5, 5.41) is 0. The molecule has 2 aromatic carbocycles. The number of Topliss-reactive ketones (excluding diaryl/α,β-unsaturated/α-hetero) is 1. The smallest absolute Gasteiger partial charge is 0.323 e. The van der Waals surface area contributed by atoms with E-state index in [4.69, 9.17) is 4.84 Å². The van der Waals surface area contributed by atoms with Crippen molar-refractivity contribution in [1.82, 2.24) is 9.55 Å². The van der Waals surface area contributed by atoms with E-state index in [0.29, 0.717) is 11.3 Å². The summed E-state index contributed by atoms with van der Waals surface area (Å²) in [5.74, 6) is -5.15. The minimum absolute atomic E-state index is 0.132. The van der Waals surface area contributed by atoms with Crippen LogP contribution in [0.3, 0.4) is 0 Å². The molecule has 2 heterocycles. The first kappa shape index (κ1) is 28.3. The number of hydrogen-bond donors (Lipinski definition) is 0. The molecule has 0 bridgehead atoms. The Morgan fingerprint density at radius 1 is 0.846 bits per heavy atom. The van der Waals surface area contributed by atoms with E-state index in [2.05, 4.69) is 0 Å². The quantitative estimate of drug-likeness (QED) is 0.220. The number of ketones is 1. The monoisotopic (exact) mass is 571 g/mol. The first-order valence-electron chi connectivity index (χ1n) is 11.6. The van der Waals surface area contributed by atoms with Crippen LogP contribution >= 0.6 is 11.3 Å².